The minimum absolute atomic E-state index is 0.261. The summed E-state index contributed by atoms with van der Waals surface area (Å²) in [4.78, 5) is 0. The first kappa shape index (κ1) is 12.5. The minimum atomic E-state index is -0.351. The molecule has 2 N–H and O–H groups in total. The van der Waals surface area contributed by atoms with Gasteiger partial charge < -0.3 is 15.0 Å². The number of nitrogens with zero attached hydrogens (tertiary/aromatic N) is 1. The van der Waals surface area contributed by atoms with E-state index in [9.17, 15) is 4.39 Å². The van der Waals surface area contributed by atoms with E-state index in [0.717, 1.165) is 22.3 Å². The number of rotatable bonds is 3. The molecule has 0 fully saturated rings. The summed E-state index contributed by atoms with van der Waals surface area (Å²) in [5, 5.41) is 1.09. The van der Waals surface area contributed by atoms with E-state index in [0.29, 0.717) is 6.61 Å². The van der Waals surface area contributed by atoms with Gasteiger partial charge >= 0.3 is 0 Å². The molecule has 0 bridgehead atoms. The molecule has 0 amide bonds. The van der Waals surface area contributed by atoms with Gasteiger partial charge in [-0.05, 0) is 30.3 Å². The number of fused-ring (bicyclic) bond motifs is 1. The molecule has 3 aromatic rings. The number of ether oxygens (including phenoxy) is 1. The maximum atomic E-state index is 13.5. The molecular weight excluding hydrogens is 255 g/mol. The van der Waals surface area contributed by atoms with Gasteiger partial charge in [-0.15, -0.1) is 0 Å². The lowest BCUT2D eigenvalue weighted by atomic mass is 10.2. The average Bonchev–Trinajstić information content (AvgIpc) is 2.75. The van der Waals surface area contributed by atoms with Crippen LogP contribution in [0.25, 0.3) is 10.9 Å². The van der Waals surface area contributed by atoms with Crippen molar-refractivity contribution in [3.63, 3.8) is 0 Å². The van der Waals surface area contributed by atoms with Crippen LogP contribution in [0.1, 0.15) is 5.69 Å². The normalized spacial score (nSPS) is 10.9. The molecule has 1 aromatic heterocycles. The lowest BCUT2D eigenvalue weighted by molar-refractivity contribution is 0.283. The zero-order valence-corrected chi connectivity index (χ0v) is 11.1. The topological polar surface area (TPSA) is 40.2 Å². The van der Waals surface area contributed by atoms with Gasteiger partial charge in [0.05, 0.1) is 11.2 Å². The van der Waals surface area contributed by atoms with Crippen molar-refractivity contribution in [3.8, 4) is 5.75 Å². The molecule has 0 unspecified atom stereocenters. The van der Waals surface area contributed by atoms with E-state index in [1.165, 1.54) is 6.07 Å². The Bertz CT molecular complexity index is 764. The van der Waals surface area contributed by atoms with Gasteiger partial charge in [-0.2, -0.15) is 0 Å². The number of hydrogen-bond donors (Lipinski definition) is 1. The standard InChI is InChI=1S/C16H15FN2O/c1-19-13(8-11-6-7-12(18)9-15(11)19)10-20-16-5-3-2-4-14(16)17/h2-9H,10,18H2,1H3. The fourth-order valence-electron chi connectivity index (χ4n) is 2.26. The molecule has 20 heavy (non-hydrogen) atoms. The Kier molecular flexibility index (Phi) is 3.06. The fourth-order valence-corrected chi connectivity index (χ4v) is 2.26. The number of aryl methyl sites for hydroxylation is 1. The molecule has 2 aromatic carbocycles. The summed E-state index contributed by atoms with van der Waals surface area (Å²) in [6, 6.07) is 14.2. The summed E-state index contributed by atoms with van der Waals surface area (Å²) in [6.07, 6.45) is 0. The van der Waals surface area contributed by atoms with Crippen LogP contribution < -0.4 is 10.5 Å². The van der Waals surface area contributed by atoms with Crippen molar-refractivity contribution in [2.75, 3.05) is 5.73 Å². The molecule has 0 aliphatic rings. The molecule has 0 spiro atoms. The first-order valence-corrected chi connectivity index (χ1v) is 6.36. The number of para-hydroxylation sites is 1. The van der Waals surface area contributed by atoms with E-state index < -0.39 is 0 Å². The molecule has 1 heterocycles. The van der Waals surface area contributed by atoms with Crippen molar-refractivity contribution < 1.29 is 9.13 Å². The summed E-state index contributed by atoms with van der Waals surface area (Å²) < 4.78 is 21.0. The van der Waals surface area contributed by atoms with E-state index in [1.807, 2.05) is 35.9 Å². The number of nitrogen functional groups attached to an aromatic ring is 1. The van der Waals surface area contributed by atoms with Crippen molar-refractivity contribution in [3.05, 3.63) is 60.0 Å². The van der Waals surface area contributed by atoms with Crippen molar-refractivity contribution in [2.45, 2.75) is 6.61 Å². The zero-order valence-electron chi connectivity index (χ0n) is 11.1. The van der Waals surface area contributed by atoms with Crippen LogP contribution in [-0.4, -0.2) is 4.57 Å². The summed E-state index contributed by atoms with van der Waals surface area (Å²) in [5.41, 5.74) is 8.52. The lowest BCUT2D eigenvalue weighted by Crippen LogP contribution is -2.02. The van der Waals surface area contributed by atoms with Crippen LogP contribution in [0.3, 0.4) is 0 Å². The highest BCUT2D eigenvalue weighted by atomic mass is 19.1. The van der Waals surface area contributed by atoms with Crippen LogP contribution in [0.4, 0.5) is 10.1 Å². The number of halogens is 1. The van der Waals surface area contributed by atoms with Crippen LogP contribution >= 0.6 is 0 Å². The van der Waals surface area contributed by atoms with E-state index >= 15 is 0 Å². The van der Waals surface area contributed by atoms with Gasteiger partial charge in [0.15, 0.2) is 11.6 Å². The molecule has 102 valence electrons. The Balaban J connectivity index is 1.88. The number of hydrogen-bond acceptors (Lipinski definition) is 2. The predicted octanol–water partition coefficient (Wildman–Crippen LogP) is 3.48. The summed E-state index contributed by atoms with van der Waals surface area (Å²) in [7, 11) is 1.95. The Morgan fingerprint density at radius 1 is 1.15 bits per heavy atom. The predicted molar refractivity (Wildman–Crippen MR) is 78.1 cm³/mol. The van der Waals surface area contributed by atoms with Gasteiger partial charge in [-0.25, -0.2) is 4.39 Å². The van der Waals surface area contributed by atoms with Crippen LogP contribution in [0, 0.1) is 5.82 Å². The van der Waals surface area contributed by atoms with E-state index in [-0.39, 0.29) is 11.6 Å². The largest absolute Gasteiger partial charge is 0.484 e. The van der Waals surface area contributed by atoms with E-state index in [4.69, 9.17) is 10.5 Å². The summed E-state index contributed by atoms with van der Waals surface area (Å²) in [6.45, 7) is 0.312. The molecule has 0 saturated heterocycles. The highest BCUT2D eigenvalue weighted by Crippen LogP contribution is 2.23. The molecule has 0 atom stereocenters. The number of anilines is 1. The van der Waals surface area contributed by atoms with Crippen molar-refractivity contribution in [2.24, 2.45) is 7.05 Å². The zero-order chi connectivity index (χ0) is 14.1. The molecule has 3 rings (SSSR count). The van der Waals surface area contributed by atoms with Gasteiger partial charge in [-0.3, -0.25) is 0 Å². The minimum Gasteiger partial charge on any atom is -0.484 e. The molecule has 4 heteroatoms. The van der Waals surface area contributed by atoms with Gasteiger partial charge in [0, 0.05) is 18.1 Å². The molecular formula is C16H15FN2O. The third-order valence-electron chi connectivity index (χ3n) is 3.38. The molecule has 0 aliphatic heterocycles. The van der Waals surface area contributed by atoms with Crippen LogP contribution in [-0.2, 0) is 13.7 Å². The smallest absolute Gasteiger partial charge is 0.165 e. The van der Waals surface area contributed by atoms with Gasteiger partial charge in [0.25, 0.3) is 0 Å². The third kappa shape index (κ3) is 2.20. The molecule has 0 aliphatic carbocycles. The van der Waals surface area contributed by atoms with Crippen LogP contribution in [0.15, 0.2) is 48.5 Å². The Hall–Kier alpha value is -2.49. The fraction of sp³-hybridized carbons (Fsp3) is 0.125. The summed E-state index contributed by atoms with van der Waals surface area (Å²) in [5.74, 6) is -0.0900. The number of benzene rings is 2. The highest BCUT2D eigenvalue weighted by Gasteiger charge is 2.08. The van der Waals surface area contributed by atoms with E-state index in [1.54, 1.807) is 18.2 Å². The monoisotopic (exact) mass is 270 g/mol. The average molecular weight is 270 g/mol. The Labute approximate surface area is 116 Å². The van der Waals surface area contributed by atoms with Crippen LogP contribution in [0.2, 0.25) is 0 Å². The molecule has 0 saturated carbocycles. The first-order chi connectivity index (χ1) is 9.65. The van der Waals surface area contributed by atoms with Crippen molar-refractivity contribution in [1.29, 1.82) is 0 Å². The maximum absolute atomic E-state index is 13.5. The molecule has 0 radical (unpaired) electrons. The highest BCUT2D eigenvalue weighted by molar-refractivity contribution is 5.84. The Morgan fingerprint density at radius 3 is 2.75 bits per heavy atom. The van der Waals surface area contributed by atoms with Gasteiger partial charge in [0.2, 0.25) is 0 Å². The van der Waals surface area contributed by atoms with Crippen LogP contribution in [0.5, 0.6) is 5.75 Å². The van der Waals surface area contributed by atoms with Gasteiger partial charge in [0.1, 0.15) is 6.61 Å². The maximum Gasteiger partial charge on any atom is 0.165 e. The second kappa shape index (κ2) is 4.89. The number of aromatic nitrogens is 1. The summed E-state index contributed by atoms with van der Waals surface area (Å²) >= 11 is 0. The van der Waals surface area contributed by atoms with Gasteiger partial charge in [-0.1, -0.05) is 18.2 Å². The van der Waals surface area contributed by atoms with Crippen molar-refractivity contribution >= 4 is 16.6 Å². The first-order valence-electron chi connectivity index (χ1n) is 6.36. The second-order valence-electron chi connectivity index (χ2n) is 4.73. The Morgan fingerprint density at radius 2 is 1.95 bits per heavy atom. The molecule has 3 nitrogen and oxygen atoms in total. The second-order valence-corrected chi connectivity index (χ2v) is 4.73. The SMILES string of the molecule is Cn1c(COc2ccccc2F)cc2ccc(N)cc21. The lowest BCUT2D eigenvalue weighted by Gasteiger charge is -2.08. The van der Waals surface area contributed by atoms with Crippen molar-refractivity contribution in [1.82, 2.24) is 4.57 Å². The third-order valence-corrected chi connectivity index (χ3v) is 3.38. The van der Waals surface area contributed by atoms with E-state index in [2.05, 4.69) is 0 Å². The number of nitrogens with two attached hydrogens (primary N) is 1. The quantitative estimate of drug-likeness (QED) is 0.740.